The SMILES string of the molecule is CCN(CC)C(=O)Oc1ccc2c(ccn2Cc2ccccc2Cl)c1NC(=O)c1cccc(OC(C)=O)c1C. The van der Waals surface area contributed by atoms with Crippen molar-refractivity contribution in [3.05, 3.63) is 88.6 Å². The summed E-state index contributed by atoms with van der Waals surface area (Å²) in [6.45, 7) is 8.21. The fourth-order valence-corrected chi connectivity index (χ4v) is 4.56. The van der Waals surface area contributed by atoms with Gasteiger partial charge in [0.1, 0.15) is 5.75 Å². The number of rotatable bonds is 8. The Bertz CT molecular complexity index is 1540. The van der Waals surface area contributed by atoms with E-state index in [4.69, 9.17) is 21.1 Å². The van der Waals surface area contributed by atoms with Gasteiger partial charge in [-0.15, -0.1) is 0 Å². The van der Waals surface area contributed by atoms with Gasteiger partial charge < -0.3 is 24.3 Å². The number of carbonyl (C=O) groups is 3. The normalized spacial score (nSPS) is 10.8. The number of amides is 2. The number of esters is 1. The van der Waals surface area contributed by atoms with Crippen LogP contribution in [-0.2, 0) is 11.3 Å². The van der Waals surface area contributed by atoms with Crippen LogP contribution in [-0.4, -0.2) is 40.5 Å². The maximum absolute atomic E-state index is 13.5. The average Bonchev–Trinajstić information content (AvgIpc) is 3.31. The molecule has 202 valence electrons. The van der Waals surface area contributed by atoms with Crippen LogP contribution in [0.3, 0.4) is 0 Å². The lowest BCUT2D eigenvalue weighted by molar-refractivity contribution is -0.131. The second-order valence-corrected chi connectivity index (χ2v) is 9.33. The number of nitrogens with zero attached hydrogens (tertiary/aromatic N) is 2. The van der Waals surface area contributed by atoms with Crippen LogP contribution < -0.4 is 14.8 Å². The van der Waals surface area contributed by atoms with E-state index in [2.05, 4.69) is 5.32 Å². The molecule has 1 N–H and O–H groups in total. The average molecular weight is 548 g/mol. The first kappa shape index (κ1) is 27.7. The third kappa shape index (κ3) is 6.07. The molecular formula is C30H30ClN3O5. The molecule has 4 aromatic rings. The second kappa shape index (κ2) is 12.0. The summed E-state index contributed by atoms with van der Waals surface area (Å²) in [5.41, 5.74) is 2.95. The Hall–Kier alpha value is -4.30. The van der Waals surface area contributed by atoms with Crippen LogP contribution in [0.2, 0.25) is 5.02 Å². The van der Waals surface area contributed by atoms with Gasteiger partial charge in [-0.2, -0.15) is 0 Å². The molecule has 39 heavy (non-hydrogen) atoms. The summed E-state index contributed by atoms with van der Waals surface area (Å²) >= 11 is 6.40. The summed E-state index contributed by atoms with van der Waals surface area (Å²) in [6.07, 6.45) is 1.38. The Balaban J connectivity index is 1.76. The standard InChI is InChI=1S/C30H30ClN3O5/c1-5-33(6-2)30(37)39-27-15-14-25-23(16-17-34(25)18-21-10-7-8-12-24(21)31)28(27)32-29(36)22-11-9-13-26(19(22)3)38-20(4)35/h7-17H,5-6,18H2,1-4H3,(H,32,36). The summed E-state index contributed by atoms with van der Waals surface area (Å²) in [4.78, 5) is 39.4. The number of hydrogen-bond donors (Lipinski definition) is 1. The number of aromatic nitrogens is 1. The summed E-state index contributed by atoms with van der Waals surface area (Å²) in [6, 6.07) is 17.9. The van der Waals surface area contributed by atoms with E-state index in [0.29, 0.717) is 52.6 Å². The molecule has 0 atom stereocenters. The molecule has 2 amide bonds. The number of anilines is 1. The van der Waals surface area contributed by atoms with Gasteiger partial charge in [0.25, 0.3) is 5.91 Å². The zero-order chi connectivity index (χ0) is 28.1. The van der Waals surface area contributed by atoms with Gasteiger partial charge in [0.15, 0.2) is 5.75 Å². The molecule has 0 spiro atoms. The Morgan fingerprint density at radius 2 is 1.67 bits per heavy atom. The van der Waals surface area contributed by atoms with Crippen LogP contribution in [0, 0.1) is 6.92 Å². The highest BCUT2D eigenvalue weighted by atomic mass is 35.5. The highest BCUT2D eigenvalue weighted by Crippen LogP contribution is 2.36. The zero-order valence-corrected chi connectivity index (χ0v) is 23.0. The Morgan fingerprint density at radius 1 is 0.923 bits per heavy atom. The largest absolute Gasteiger partial charge is 0.426 e. The molecule has 0 aliphatic heterocycles. The van der Waals surface area contributed by atoms with Gasteiger partial charge in [0.2, 0.25) is 0 Å². The highest BCUT2D eigenvalue weighted by molar-refractivity contribution is 6.31. The lowest BCUT2D eigenvalue weighted by atomic mass is 10.1. The number of halogens is 1. The molecule has 1 heterocycles. The van der Waals surface area contributed by atoms with Crippen molar-refractivity contribution in [1.29, 1.82) is 0 Å². The van der Waals surface area contributed by atoms with Gasteiger partial charge in [0, 0.05) is 54.3 Å². The van der Waals surface area contributed by atoms with E-state index < -0.39 is 18.0 Å². The van der Waals surface area contributed by atoms with Crippen molar-refractivity contribution in [2.45, 2.75) is 34.2 Å². The van der Waals surface area contributed by atoms with Gasteiger partial charge >= 0.3 is 12.1 Å². The van der Waals surface area contributed by atoms with Crippen molar-refractivity contribution in [3.8, 4) is 11.5 Å². The van der Waals surface area contributed by atoms with Crippen molar-refractivity contribution in [1.82, 2.24) is 9.47 Å². The van der Waals surface area contributed by atoms with E-state index in [1.807, 2.05) is 61.0 Å². The van der Waals surface area contributed by atoms with E-state index in [0.717, 1.165) is 11.1 Å². The van der Waals surface area contributed by atoms with Crippen LogP contribution >= 0.6 is 11.6 Å². The van der Waals surface area contributed by atoms with E-state index in [1.54, 1.807) is 36.1 Å². The third-order valence-electron chi connectivity index (χ3n) is 6.45. The predicted octanol–water partition coefficient (Wildman–Crippen LogP) is 6.67. The fraction of sp³-hybridized carbons (Fsp3) is 0.233. The van der Waals surface area contributed by atoms with Gasteiger partial charge in [-0.3, -0.25) is 9.59 Å². The predicted molar refractivity (Wildman–Crippen MR) is 152 cm³/mol. The van der Waals surface area contributed by atoms with Crippen LogP contribution in [0.25, 0.3) is 10.9 Å². The number of nitrogens with one attached hydrogen (secondary N) is 1. The summed E-state index contributed by atoms with van der Waals surface area (Å²) in [5.74, 6) is -0.400. The molecule has 9 heteroatoms. The first-order valence-electron chi connectivity index (χ1n) is 12.6. The monoisotopic (exact) mass is 547 g/mol. The first-order valence-corrected chi connectivity index (χ1v) is 13.0. The molecule has 0 aliphatic carbocycles. The molecule has 0 fully saturated rings. The summed E-state index contributed by atoms with van der Waals surface area (Å²) in [7, 11) is 0. The van der Waals surface area contributed by atoms with Gasteiger partial charge in [-0.1, -0.05) is 35.9 Å². The molecule has 1 aromatic heterocycles. The molecular weight excluding hydrogens is 518 g/mol. The van der Waals surface area contributed by atoms with Crippen LogP contribution in [0.4, 0.5) is 10.5 Å². The number of fused-ring (bicyclic) bond motifs is 1. The van der Waals surface area contributed by atoms with E-state index in [-0.39, 0.29) is 5.75 Å². The minimum absolute atomic E-state index is 0.219. The summed E-state index contributed by atoms with van der Waals surface area (Å²) < 4.78 is 13.0. The van der Waals surface area contributed by atoms with Gasteiger partial charge in [-0.25, -0.2) is 4.79 Å². The zero-order valence-electron chi connectivity index (χ0n) is 22.3. The smallest absolute Gasteiger partial charge is 0.415 e. The molecule has 0 radical (unpaired) electrons. The number of ether oxygens (including phenoxy) is 2. The fourth-order valence-electron chi connectivity index (χ4n) is 4.36. The summed E-state index contributed by atoms with van der Waals surface area (Å²) in [5, 5.41) is 4.29. The Labute approximate surface area is 232 Å². The van der Waals surface area contributed by atoms with Crippen LogP contribution in [0.15, 0.2) is 66.9 Å². The lowest BCUT2D eigenvalue weighted by Gasteiger charge is -2.20. The molecule has 0 aliphatic rings. The topological polar surface area (TPSA) is 89.9 Å². The number of hydrogen-bond acceptors (Lipinski definition) is 5. The first-order chi connectivity index (χ1) is 18.7. The minimum atomic E-state index is -0.515. The van der Waals surface area contributed by atoms with Gasteiger partial charge in [0.05, 0.1) is 11.2 Å². The molecule has 4 rings (SSSR count). The van der Waals surface area contributed by atoms with Gasteiger partial charge in [-0.05, 0) is 62.7 Å². The lowest BCUT2D eigenvalue weighted by Crippen LogP contribution is -2.33. The number of benzene rings is 3. The van der Waals surface area contributed by atoms with E-state index in [9.17, 15) is 14.4 Å². The van der Waals surface area contributed by atoms with Crippen molar-refractivity contribution in [3.63, 3.8) is 0 Å². The molecule has 0 saturated carbocycles. The van der Waals surface area contributed by atoms with Crippen molar-refractivity contribution in [2.75, 3.05) is 18.4 Å². The third-order valence-corrected chi connectivity index (χ3v) is 6.82. The highest BCUT2D eigenvalue weighted by Gasteiger charge is 2.21. The van der Waals surface area contributed by atoms with Crippen LogP contribution in [0.5, 0.6) is 11.5 Å². The van der Waals surface area contributed by atoms with E-state index >= 15 is 0 Å². The molecule has 0 saturated heterocycles. The quantitative estimate of drug-likeness (QED) is 0.196. The van der Waals surface area contributed by atoms with Crippen LogP contribution in [0.1, 0.15) is 42.3 Å². The molecule has 8 nitrogen and oxygen atoms in total. The second-order valence-electron chi connectivity index (χ2n) is 8.92. The van der Waals surface area contributed by atoms with Crippen molar-refractivity contribution in [2.24, 2.45) is 0 Å². The molecule has 3 aromatic carbocycles. The molecule has 0 bridgehead atoms. The number of carbonyl (C=O) groups excluding carboxylic acids is 3. The van der Waals surface area contributed by atoms with E-state index in [1.165, 1.54) is 6.92 Å². The van der Waals surface area contributed by atoms with Crippen molar-refractivity contribution >= 4 is 46.2 Å². The maximum atomic E-state index is 13.5. The molecule has 0 unspecified atom stereocenters. The Kier molecular flexibility index (Phi) is 8.56. The maximum Gasteiger partial charge on any atom is 0.415 e. The van der Waals surface area contributed by atoms with Crippen molar-refractivity contribution < 1.29 is 23.9 Å². The minimum Gasteiger partial charge on any atom is -0.426 e. The Morgan fingerprint density at radius 3 is 2.36 bits per heavy atom.